The van der Waals surface area contributed by atoms with E-state index in [1.54, 1.807) is 43.3 Å². The predicted molar refractivity (Wildman–Crippen MR) is 158 cm³/mol. The molecule has 0 aliphatic carbocycles. The van der Waals surface area contributed by atoms with Crippen molar-refractivity contribution in [2.75, 3.05) is 18.0 Å². The van der Waals surface area contributed by atoms with Gasteiger partial charge >= 0.3 is 0 Å². The van der Waals surface area contributed by atoms with Gasteiger partial charge in [0.05, 0.1) is 17.7 Å². The third-order valence-corrected chi connectivity index (χ3v) is 8.79. The van der Waals surface area contributed by atoms with Crippen LogP contribution in [0.3, 0.4) is 0 Å². The standard InChI is InChI=1S/C31H39N3O5S/c1-7-24(4)32-31(36)25(5)33(20-26-12-9-8-11-23(26)3)30(35)21-34(27-13-10-14-28(19-27)39-6)40(37,38)29-17-15-22(2)16-18-29/h8-19,24-25H,7,20-21H2,1-6H3,(H,32,36)/t24-,25-/m1/s1. The number of hydrogen-bond acceptors (Lipinski definition) is 5. The van der Waals surface area contributed by atoms with Gasteiger partial charge in [-0.05, 0) is 69.5 Å². The van der Waals surface area contributed by atoms with Crippen molar-refractivity contribution in [1.29, 1.82) is 0 Å². The van der Waals surface area contributed by atoms with Crippen molar-refractivity contribution >= 4 is 27.5 Å². The molecule has 0 unspecified atom stereocenters. The summed E-state index contributed by atoms with van der Waals surface area (Å²) in [5, 5.41) is 2.95. The van der Waals surface area contributed by atoms with E-state index in [0.717, 1.165) is 27.4 Å². The lowest BCUT2D eigenvalue weighted by Gasteiger charge is -2.33. The molecule has 0 aliphatic rings. The minimum Gasteiger partial charge on any atom is -0.497 e. The molecule has 3 rings (SSSR count). The summed E-state index contributed by atoms with van der Waals surface area (Å²) < 4.78 is 34.3. The number of carbonyl (C=O) groups is 2. The Hall–Kier alpha value is -3.85. The lowest BCUT2D eigenvalue weighted by Crippen LogP contribution is -2.52. The van der Waals surface area contributed by atoms with Gasteiger partial charge in [0.15, 0.2) is 0 Å². The number of sulfonamides is 1. The zero-order chi connectivity index (χ0) is 29.4. The van der Waals surface area contributed by atoms with E-state index in [1.807, 2.05) is 52.0 Å². The van der Waals surface area contributed by atoms with Crippen molar-refractivity contribution in [2.45, 2.75) is 64.6 Å². The van der Waals surface area contributed by atoms with Crippen LogP contribution in [0.5, 0.6) is 5.75 Å². The molecule has 1 N–H and O–H groups in total. The molecule has 8 nitrogen and oxygen atoms in total. The first-order valence-corrected chi connectivity index (χ1v) is 14.8. The predicted octanol–water partition coefficient (Wildman–Crippen LogP) is 4.84. The number of methoxy groups -OCH3 is 1. The lowest BCUT2D eigenvalue weighted by molar-refractivity contribution is -0.139. The van der Waals surface area contributed by atoms with Crippen LogP contribution in [0.1, 0.15) is 43.9 Å². The van der Waals surface area contributed by atoms with Gasteiger partial charge in [-0.3, -0.25) is 13.9 Å². The van der Waals surface area contributed by atoms with E-state index in [0.29, 0.717) is 5.75 Å². The maximum atomic E-state index is 14.0. The van der Waals surface area contributed by atoms with E-state index in [4.69, 9.17) is 4.74 Å². The van der Waals surface area contributed by atoms with Gasteiger partial charge in [-0.15, -0.1) is 0 Å². The maximum absolute atomic E-state index is 14.0. The molecule has 3 aromatic rings. The average molecular weight is 566 g/mol. The number of nitrogens with zero attached hydrogens (tertiary/aromatic N) is 2. The fourth-order valence-corrected chi connectivity index (χ4v) is 5.56. The molecule has 0 radical (unpaired) electrons. The summed E-state index contributed by atoms with van der Waals surface area (Å²) in [6, 6.07) is 19.7. The van der Waals surface area contributed by atoms with Gasteiger partial charge < -0.3 is 15.0 Å². The van der Waals surface area contributed by atoms with E-state index >= 15 is 0 Å². The van der Waals surface area contributed by atoms with Crippen molar-refractivity contribution in [3.05, 3.63) is 89.5 Å². The van der Waals surface area contributed by atoms with Crippen molar-refractivity contribution in [1.82, 2.24) is 10.2 Å². The number of aryl methyl sites for hydroxylation is 2. The number of hydrogen-bond donors (Lipinski definition) is 1. The number of carbonyl (C=O) groups excluding carboxylic acids is 2. The normalized spacial score (nSPS) is 12.8. The fourth-order valence-electron chi connectivity index (χ4n) is 4.15. The Morgan fingerprint density at radius 1 is 0.950 bits per heavy atom. The van der Waals surface area contributed by atoms with Crippen LogP contribution < -0.4 is 14.4 Å². The maximum Gasteiger partial charge on any atom is 0.264 e. The molecule has 0 aromatic heterocycles. The summed E-state index contributed by atoms with van der Waals surface area (Å²) in [4.78, 5) is 28.7. The van der Waals surface area contributed by atoms with Gasteiger partial charge in [-0.2, -0.15) is 0 Å². The Morgan fingerprint density at radius 3 is 2.25 bits per heavy atom. The zero-order valence-corrected chi connectivity index (χ0v) is 24.9. The Bertz CT molecular complexity index is 1420. The number of ether oxygens (including phenoxy) is 1. The second-order valence-electron chi connectivity index (χ2n) is 9.97. The third kappa shape index (κ3) is 7.41. The van der Waals surface area contributed by atoms with Crippen LogP contribution in [0.25, 0.3) is 0 Å². The van der Waals surface area contributed by atoms with Crippen LogP contribution in [0.4, 0.5) is 5.69 Å². The highest BCUT2D eigenvalue weighted by Gasteiger charge is 2.33. The van der Waals surface area contributed by atoms with Gasteiger partial charge in [-0.25, -0.2) is 8.42 Å². The summed E-state index contributed by atoms with van der Waals surface area (Å²) >= 11 is 0. The largest absolute Gasteiger partial charge is 0.497 e. The molecule has 40 heavy (non-hydrogen) atoms. The molecule has 9 heteroatoms. The molecule has 0 saturated heterocycles. The molecule has 214 valence electrons. The van der Waals surface area contributed by atoms with Crippen molar-refractivity contribution in [3.8, 4) is 5.75 Å². The number of anilines is 1. The Balaban J connectivity index is 2.05. The molecule has 0 spiro atoms. The number of nitrogens with one attached hydrogen (secondary N) is 1. The summed E-state index contributed by atoms with van der Waals surface area (Å²) in [5.41, 5.74) is 3.02. The van der Waals surface area contributed by atoms with E-state index in [2.05, 4.69) is 5.32 Å². The summed E-state index contributed by atoms with van der Waals surface area (Å²) in [6.07, 6.45) is 0.739. The first kappa shape index (κ1) is 30.7. The number of rotatable bonds is 12. The minimum absolute atomic E-state index is 0.0572. The highest BCUT2D eigenvalue weighted by molar-refractivity contribution is 7.92. The number of benzene rings is 3. The lowest BCUT2D eigenvalue weighted by atomic mass is 10.1. The van der Waals surface area contributed by atoms with Gasteiger partial charge in [-0.1, -0.05) is 55.0 Å². The van der Waals surface area contributed by atoms with Crippen LogP contribution in [-0.4, -0.2) is 50.9 Å². The van der Waals surface area contributed by atoms with Crippen molar-refractivity contribution in [2.24, 2.45) is 0 Å². The fraction of sp³-hybridized carbons (Fsp3) is 0.355. The average Bonchev–Trinajstić information content (AvgIpc) is 2.95. The Morgan fingerprint density at radius 2 is 1.62 bits per heavy atom. The SMILES string of the molecule is CC[C@@H](C)NC(=O)[C@@H](C)N(Cc1ccccc1C)C(=O)CN(c1cccc(OC)c1)S(=O)(=O)c1ccc(C)cc1. The number of amides is 2. The first-order valence-electron chi connectivity index (χ1n) is 13.4. The molecule has 2 atom stereocenters. The van der Waals surface area contributed by atoms with E-state index in [1.165, 1.54) is 24.1 Å². The van der Waals surface area contributed by atoms with Crippen LogP contribution in [0.2, 0.25) is 0 Å². The van der Waals surface area contributed by atoms with Gasteiger partial charge in [0, 0.05) is 18.7 Å². The third-order valence-electron chi connectivity index (χ3n) is 7.00. The van der Waals surface area contributed by atoms with Gasteiger partial charge in [0.1, 0.15) is 18.3 Å². The highest BCUT2D eigenvalue weighted by Crippen LogP contribution is 2.28. The topological polar surface area (TPSA) is 96.0 Å². The molecule has 0 bridgehead atoms. The van der Waals surface area contributed by atoms with E-state index < -0.39 is 28.5 Å². The smallest absolute Gasteiger partial charge is 0.264 e. The van der Waals surface area contributed by atoms with Crippen molar-refractivity contribution < 1.29 is 22.7 Å². The minimum atomic E-state index is -4.14. The van der Waals surface area contributed by atoms with Crippen LogP contribution >= 0.6 is 0 Å². The zero-order valence-electron chi connectivity index (χ0n) is 24.0. The first-order chi connectivity index (χ1) is 19.0. The van der Waals surface area contributed by atoms with Gasteiger partial charge in [0.2, 0.25) is 11.8 Å². The van der Waals surface area contributed by atoms with E-state index in [9.17, 15) is 18.0 Å². The molecular formula is C31H39N3O5S. The quantitative estimate of drug-likeness (QED) is 0.339. The molecule has 0 fully saturated rings. The summed E-state index contributed by atoms with van der Waals surface area (Å²) in [6.45, 7) is 8.98. The molecule has 2 amide bonds. The summed E-state index contributed by atoms with van der Waals surface area (Å²) in [5.74, 6) is -0.355. The van der Waals surface area contributed by atoms with Crippen LogP contribution in [-0.2, 0) is 26.2 Å². The molecule has 3 aromatic carbocycles. The molecule has 0 aliphatic heterocycles. The van der Waals surface area contributed by atoms with Gasteiger partial charge in [0.25, 0.3) is 10.0 Å². The Kier molecular flexibility index (Phi) is 10.3. The second-order valence-corrected chi connectivity index (χ2v) is 11.8. The second kappa shape index (κ2) is 13.5. The molecule has 0 saturated carbocycles. The van der Waals surface area contributed by atoms with Crippen LogP contribution in [0, 0.1) is 13.8 Å². The Labute approximate surface area is 238 Å². The summed E-state index contributed by atoms with van der Waals surface area (Å²) in [7, 11) is -2.65. The highest BCUT2D eigenvalue weighted by atomic mass is 32.2. The monoisotopic (exact) mass is 565 g/mol. The van der Waals surface area contributed by atoms with Crippen LogP contribution in [0.15, 0.2) is 77.7 Å². The van der Waals surface area contributed by atoms with E-state index in [-0.39, 0.29) is 29.1 Å². The van der Waals surface area contributed by atoms with Crippen molar-refractivity contribution in [3.63, 3.8) is 0 Å². The molecule has 0 heterocycles. The molecular weight excluding hydrogens is 526 g/mol.